The quantitative estimate of drug-likeness (QED) is 0.271. The molecule has 1 atom stereocenters. The molecule has 0 fully saturated rings. The van der Waals surface area contributed by atoms with Gasteiger partial charge in [0.2, 0.25) is 11.8 Å². The van der Waals surface area contributed by atoms with E-state index in [9.17, 15) is 18.0 Å². The van der Waals surface area contributed by atoms with Crippen LogP contribution >= 0.6 is 11.6 Å². The van der Waals surface area contributed by atoms with Crippen molar-refractivity contribution in [1.29, 1.82) is 0 Å². The monoisotopic (exact) mass is 597 g/mol. The van der Waals surface area contributed by atoms with Crippen LogP contribution in [0.3, 0.4) is 0 Å². The van der Waals surface area contributed by atoms with Crippen LogP contribution in [0.5, 0.6) is 0 Å². The van der Waals surface area contributed by atoms with Gasteiger partial charge in [-0.25, -0.2) is 8.42 Å². The molecule has 0 bridgehead atoms. The highest BCUT2D eigenvalue weighted by Crippen LogP contribution is 2.27. The minimum atomic E-state index is -4.11. The van der Waals surface area contributed by atoms with Crippen LogP contribution in [0.2, 0.25) is 5.02 Å². The van der Waals surface area contributed by atoms with E-state index in [2.05, 4.69) is 19.2 Å². The summed E-state index contributed by atoms with van der Waals surface area (Å²) in [6, 6.07) is 19.9. The third-order valence-electron chi connectivity index (χ3n) is 6.85. The Bertz CT molecular complexity index is 1420. The van der Waals surface area contributed by atoms with Crippen LogP contribution in [-0.2, 0) is 26.2 Å². The molecule has 7 nitrogen and oxygen atoms in total. The summed E-state index contributed by atoms with van der Waals surface area (Å²) in [6.07, 6.45) is 0. The first-order valence-corrected chi connectivity index (χ1v) is 15.6. The molecule has 0 aliphatic heterocycles. The van der Waals surface area contributed by atoms with Crippen molar-refractivity contribution >= 4 is 39.1 Å². The molecule has 0 spiro atoms. The molecule has 3 rings (SSSR count). The summed E-state index contributed by atoms with van der Waals surface area (Å²) in [5.41, 5.74) is 3.10. The van der Waals surface area contributed by atoms with Crippen molar-refractivity contribution in [3.63, 3.8) is 0 Å². The highest BCUT2D eigenvalue weighted by Gasteiger charge is 2.32. The lowest BCUT2D eigenvalue weighted by Crippen LogP contribution is -2.51. The van der Waals surface area contributed by atoms with Gasteiger partial charge in [-0.2, -0.15) is 0 Å². The molecule has 0 radical (unpaired) electrons. The van der Waals surface area contributed by atoms with Crippen LogP contribution in [-0.4, -0.2) is 44.3 Å². The number of benzene rings is 3. The predicted molar refractivity (Wildman–Crippen MR) is 166 cm³/mol. The molecule has 1 unspecified atom stereocenters. The summed E-state index contributed by atoms with van der Waals surface area (Å²) < 4.78 is 29.0. The first-order valence-electron chi connectivity index (χ1n) is 13.8. The molecule has 41 heavy (non-hydrogen) atoms. The maximum atomic E-state index is 14.0. The number of sulfonamides is 1. The van der Waals surface area contributed by atoms with Crippen LogP contribution in [0.15, 0.2) is 77.7 Å². The molecule has 1 N–H and O–H groups in total. The molecule has 9 heteroatoms. The largest absolute Gasteiger partial charge is 0.354 e. The number of nitrogens with one attached hydrogen (secondary N) is 1. The number of carbonyl (C=O) groups is 2. The van der Waals surface area contributed by atoms with Crippen LogP contribution < -0.4 is 9.62 Å². The number of hydrogen-bond donors (Lipinski definition) is 1. The van der Waals surface area contributed by atoms with Gasteiger partial charge in [-0.1, -0.05) is 81.3 Å². The second kappa shape index (κ2) is 14.0. The van der Waals surface area contributed by atoms with Crippen LogP contribution in [0, 0.1) is 12.8 Å². The summed E-state index contributed by atoms with van der Waals surface area (Å²) in [7, 11) is -4.11. The molecule has 220 valence electrons. The molecule has 0 saturated carbocycles. The van der Waals surface area contributed by atoms with E-state index in [0.717, 1.165) is 21.0 Å². The number of carbonyl (C=O) groups excluding carboxylic acids is 2. The second-order valence-electron chi connectivity index (χ2n) is 11.0. The fraction of sp³-hybridized carbons (Fsp3) is 0.375. The average Bonchev–Trinajstić information content (AvgIpc) is 2.94. The van der Waals surface area contributed by atoms with Gasteiger partial charge in [0, 0.05) is 18.1 Å². The molecule has 3 aromatic carbocycles. The van der Waals surface area contributed by atoms with Crippen molar-refractivity contribution in [3.05, 3.63) is 94.5 Å². The zero-order chi connectivity index (χ0) is 30.3. The van der Waals surface area contributed by atoms with Crippen molar-refractivity contribution in [2.45, 2.75) is 64.9 Å². The van der Waals surface area contributed by atoms with E-state index in [4.69, 9.17) is 11.6 Å². The lowest BCUT2D eigenvalue weighted by Gasteiger charge is -2.32. The molecule has 0 aromatic heterocycles. The summed E-state index contributed by atoms with van der Waals surface area (Å²) in [5.74, 6) is -0.325. The zero-order valence-corrected chi connectivity index (χ0v) is 26.2. The van der Waals surface area contributed by atoms with E-state index < -0.39 is 28.5 Å². The molecule has 0 saturated heterocycles. The normalized spacial score (nSPS) is 12.3. The molecule has 3 aromatic rings. The summed E-state index contributed by atoms with van der Waals surface area (Å²) in [6.45, 7) is 11.7. The maximum absolute atomic E-state index is 14.0. The van der Waals surface area contributed by atoms with Crippen LogP contribution in [0.1, 0.15) is 57.2 Å². The van der Waals surface area contributed by atoms with E-state index in [1.54, 1.807) is 55.5 Å². The van der Waals surface area contributed by atoms with Gasteiger partial charge in [0.15, 0.2) is 0 Å². The van der Waals surface area contributed by atoms with Gasteiger partial charge < -0.3 is 10.2 Å². The summed E-state index contributed by atoms with van der Waals surface area (Å²) >= 11 is 6.06. The Hall–Kier alpha value is -3.36. The lowest BCUT2D eigenvalue weighted by molar-refractivity contribution is -0.139. The van der Waals surface area contributed by atoms with Crippen molar-refractivity contribution in [3.8, 4) is 0 Å². The van der Waals surface area contributed by atoms with Crippen molar-refractivity contribution in [2.24, 2.45) is 5.92 Å². The van der Waals surface area contributed by atoms with Gasteiger partial charge in [-0.05, 0) is 73.2 Å². The minimum absolute atomic E-state index is 0.0795. The van der Waals surface area contributed by atoms with Crippen molar-refractivity contribution in [1.82, 2.24) is 10.2 Å². The fourth-order valence-corrected chi connectivity index (χ4v) is 5.75. The van der Waals surface area contributed by atoms with Gasteiger partial charge in [0.1, 0.15) is 12.6 Å². The average molecular weight is 598 g/mol. The first-order chi connectivity index (χ1) is 19.3. The van der Waals surface area contributed by atoms with E-state index >= 15 is 0 Å². The van der Waals surface area contributed by atoms with E-state index in [1.807, 2.05) is 32.9 Å². The summed E-state index contributed by atoms with van der Waals surface area (Å²) in [5, 5.41) is 3.44. The Morgan fingerprint density at radius 3 is 1.98 bits per heavy atom. The molecule has 0 aliphatic rings. The number of halogens is 1. The second-order valence-corrected chi connectivity index (χ2v) is 13.3. The number of rotatable bonds is 12. The standard InChI is InChI=1S/C32H40ClN3O4S/c1-22(2)19-34-32(38)25(6)35(20-26-9-13-28(33)14-10-26)31(37)21-36(29-15-11-27(12-16-29)23(3)4)41(39,40)30-17-7-24(5)8-18-30/h7-18,22-23,25H,19-21H2,1-6H3,(H,34,38). The van der Waals surface area contributed by atoms with E-state index in [-0.39, 0.29) is 29.2 Å². The van der Waals surface area contributed by atoms with Gasteiger partial charge >= 0.3 is 0 Å². The van der Waals surface area contributed by atoms with Gasteiger partial charge in [0.05, 0.1) is 10.6 Å². The van der Waals surface area contributed by atoms with Crippen molar-refractivity contribution in [2.75, 3.05) is 17.4 Å². The highest BCUT2D eigenvalue weighted by molar-refractivity contribution is 7.92. The highest BCUT2D eigenvalue weighted by atomic mass is 35.5. The molecule has 2 amide bonds. The Balaban J connectivity index is 2.02. The number of aryl methyl sites for hydroxylation is 1. The molecular weight excluding hydrogens is 558 g/mol. The maximum Gasteiger partial charge on any atom is 0.264 e. The first kappa shape index (κ1) is 32.2. The predicted octanol–water partition coefficient (Wildman–Crippen LogP) is 6.16. The van der Waals surface area contributed by atoms with Crippen LogP contribution in [0.25, 0.3) is 0 Å². The Morgan fingerprint density at radius 1 is 0.854 bits per heavy atom. The third-order valence-corrected chi connectivity index (χ3v) is 8.89. The van der Waals surface area contributed by atoms with E-state index in [0.29, 0.717) is 17.3 Å². The van der Waals surface area contributed by atoms with Crippen LogP contribution in [0.4, 0.5) is 5.69 Å². The van der Waals surface area contributed by atoms with Gasteiger partial charge in [-0.3, -0.25) is 13.9 Å². The topological polar surface area (TPSA) is 86.8 Å². The molecule has 0 aliphatic carbocycles. The molecular formula is C32H40ClN3O4S. The Morgan fingerprint density at radius 2 is 1.44 bits per heavy atom. The lowest BCUT2D eigenvalue weighted by atomic mass is 10.0. The minimum Gasteiger partial charge on any atom is -0.354 e. The third kappa shape index (κ3) is 8.57. The van der Waals surface area contributed by atoms with Gasteiger partial charge in [-0.15, -0.1) is 0 Å². The van der Waals surface area contributed by atoms with E-state index in [1.165, 1.54) is 17.0 Å². The Kier molecular flexibility index (Phi) is 11.0. The zero-order valence-electron chi connectivity index (χ0n) is 24.6. The Labute approximate surface area is 249 Å². The van der Waals surface area contributed by atoms with Gasteiger partial charge in [0.25, 0.3) is 10.0 Å². The fourth-order valence-electron chi connectivity index (χ4n) is 4.21. The number of nitrogens with zero attached hydrogens (tertiary/aromatic N) is 2. The number of hydrogen-bond acceptors (Lipinski definition) is 4. The van der Waals surface area contributed by atoms with Crippen molar-refractivity contribution < 1.29 is 18.0 Å². The summed E-state index contributed by atoms with van der Waals surface area (Å²) in [4.78, 5) is 28.6. The molecule has 0 heterocycles. The SMILES string of the molecule is Cc1ccc(S(=O)(=O)N(CC(=O)N(Cc2ccc(Cl)cc2)C(C)C(=O)NCC(C)C)c2ccc(C(C)C)cc2)cc1. The number of amides is 2. The number of anilines is 1. The smallest absolute Gasteiger partial charge is 0.264 e.